The third-order valence-electron chi connectivity index (χ3n) is 5.37. The summed E-state index contributed by atoms with van der Waals surface area (Å²) in [6, 6.07) is 12.5. The van der Waals surface area contributed by atoms with Gasteiger partial charge in [0.1, 0.15) is 0 Å². The van der Waals surface area contributed by atoms with Crippen molar-refractivity contribution in [3.8, 4) is 11.1 Å². The van der Waals surface area contributed by atoms with Gasteiger partial charge in [-0.3, -0.25) is 4.79 Å². The highest BCUT2D eigenvalue weighted by Gasteiger charge is 2.31. The van der Waals surface area contributed by atoms with Crippen LogP contribution in [-0.4, -0.2) is 30.3 Å². The number of halogens is 1. The molecule has 0 radical (unpaired) electrons. The molecule has 1 aliphatic heterocycles. The number of carboxylic acids is 1. The molecule has 146 valence electrons. The number of rotatable bonds is 4. The predicted octanol–water partition coefficient (Wildman–Crippen LogP) is 4.72. The molecule has 1 unspecified atom stereocenters. The van der Waals surface area contributed by atoms with Crippen molar-refractivity contribution >= 4 is 38.3 Å². The van der Waals surface area contributed by atoms with E-state index in [1.165, 1.54) is 6.26 Å². The van der Waals surface area contributed by atoms with Crippen LogP contribution in [0.2, 0.25) is 5.02 Å². The van der Waals surface area contributed by atoms with Gasteiger partial charge in [-0.05, 0) is 42.7 Å². The van der Waals surface area contributed by atoms with E-state index in [-0.39, 0.29) is 17.2 Å². The quantitative estimate of drug-likeness (QED) is 0.666. The fraction of sp³-hybridized carbons (Fsp3) is 0.286. The van der Waals surface area contributed by atoms with Gasteiger partial charge in [-0.25, -0.2) is 8.42 Å². The molecule has 0 bridgehead atoms. The zero-order valence-electron chi connectivity index (χ0n) is 15.4. The minimum absolute atomic E-state index is 0.0190. The Hall–Kier alpha value is -2.31. The van der Waals surface area contributed by atoms with Gasteiger partial charge in [0, 0.05) is 40.4 Å². The lowest BCUT2D eigenvalue weighted by Gasteiger charge is -2.25. The first-order chi connectivity index (χ1) is 13.3. The number of benzene rings is 2. The molecule has 0 saturated carbocycles. The normalized spacial score (nSPS) is 16.9. The highest BCUT2D eigenvalue weighted by molar-refractivity contribution is 7.91. The summed E-state index contributed by atoms with van der Waals surface area (Å²) in [5, 5.41) is 10.7. The Kier molecular flexibility index (Phi) is 4.71. The lowest BCUT2D eigenvalue weighted by molar-refractivity contribution is -0.137. The standard InChI is InChI=1S/C21H20ClNO4S/c1-28(26,27)17-6-2-5-16-20(17)19(13-7-9-15(22)10-8-13)21-14(12-18(24)25)4-3-11-23(16)21/h2,5-10,14H,3-4,11-12H2,1H3,(H,24,25). The first kappa shape index (κ1) is 19.0. The lowest BCUT2D eigenvalue weighted by Crippen LogP contribution is -2.18. The highest BCUT2D eigenvalue weighted by atomic mass is 35.5. The van der Waals surface area contributed by atoms with E-state index in [9.17, 15) is 18.3 Å². The Morgan fingerprint density at radius 1 is 1.21 bits per heavy atom. The van der Waals surface area contributed by atoms with Gasteiger partial charge >= 0.3 is 5.97 Å². The van der Waals surface area contributed by atoms with E-state index in [1.54, 1.807) is 24.3 Å². The van der Waals surface area contributed by atoms with Crippen molar-refractivity contribution < 1.29 is 18.3 Å². The number of fused-ring (bicyclic) bond motifs is 3. The average molecular weight is 418 g/mol. The monoisotopic (exact) mass is 417 g/mol. The van der Waals surface area contributed by atoms with Crippen molar-refractivity contribution in [2.24, 2.45) is 0 Å². The molecule has 0 spiro atoms. The van der Waals surface area contributed by atoms with Gasteiger partial charge in [-0.2, -0.15) is 0 Å². The molecule has 7 heteroatoms. The maximum Gasteiger partial charge on any atom is 0.304 e. The van der Waals surface area contributed by atoms with E-state index in [0.29, 0.717) is 10.4 Å². The second-order valence-electron chi connectivity index (χ2n) is 7.28. The van der Waals surface area contributed by atoms with Crippen LogP contribution in [0.5, 0.6) is 0 Å². The largest absolute Gasteiger partial charge is 0.481 e. The maximum atomic E-state index is 12.5. The number of aliphatic carboxylic acids is 1. The number of hydrogen-bond donors (Lipinski definition) is 1. The number of nitrogens with zero attached hydrogens (tertiary/aromatic N) is 1. The van der Waals surface area contributed by atoms with E-state index in [1.807, 2.05) is 18.2 Å². The molecule has 0 saturated heterocycles. The molecular weight excluding hydrogens is 398 g/mol. The van der Waals surface area contributed by atoms with Gasteiger partial charge in [0.15, 0.2) is 9.84 Å². The molecular formula is C21H20ClNO4S. The van der Waals surface area contributed by atoms with Crippen molar-refractivity contribution in [1.29, 1.82) is 0 Å². The van der Waals surface area contributed by atoms with Crippen molar-refractivity contribution in [3.05, 3.63) is 53.2 Å². The summed E-state index contributed by atoms with van der Waals surface area (Å²) in [4.78, 5) is 11.8. The van der Waals surface area contributed by atoms with Crippen molar-refractivity contribution in [1.82, 2.24) is 4.57 Å². The Morgan fingerprint density at radius 2 is 1.93 bits per heavy atom. The van der Waals surface area contributed by atoms with Crippen LogP contribution in [0.15, 0.2) is 47.4 Å². The smallest absolute Gasteiger partial charge is 0.304 e. The predicted molar refractivity (Wildman–Crippen MR) is 110 cm³/mol. The average Bonchev–Trinajstić information content (AvgIpc) is 2.97. The number of aryl methyl sites for hydroxylation is 1. The SMILES string of the molecule is CS(=O)(=O)c1cccc2c1c(-c1ccc(Cl)cc1)c1n2CCCC1CC(=O)O. The molecule has 2 aromatic carbocycles. The zero-order valence-corrected chi connectivity index (χ0v) is 16.9. The second-order valence-corrected chi connectivity index (χ2v) is 9.70. The number of hydrogen-bond acceptors (Lipinski definition) is 3. The minimum atomic E-state index is -3.46. The van der Waals surface area contributed by atoms with Gasteiger partial charge in [-0.1, -0.05) is 29.8 Å². The van der Waals surface area contributed by atoms with Crippen LogP contribution in [0, 0.1) is 0 Å². The minimum Gasteiger partial charge on any atom is -0.481 e. The summed E-state index contributed by atoms with van der Waals surface area (Å²) < 4.78 is 27.2. The summed E-state index contributed by atoms with van der Waals surface area (Å²) >= 11 is 6.06. The molecule has 2 heterocycles. The molecule has 1 aliphatic rings. The lowest BCUT2D eigenvalue weighted by atomic mass is 9.88. The summed E-state index contributed by atoms with van der Waals surface area (Å²) in [6.45, 7) is 0.739. The van der Waals surface area contributed by atoms with Crippen LogP contribution >= 0.6 is 11.6 Å². The molecule has 0 amide bonds. The van der Waals surface area contributed by atoms with Gasteiger partial charge < -0.3 is 9.67 Å². The van der Waals surface area contributed by atoms with Crippen LogP contribution in [0.4, 0.5) is 0 Å². The molecule has 3 aromatic rings. The van der Waals surface area contributed by atoms with Crippen LogP contribution in [-0.2, 0) is 21.2 Å². The molecule has 0 aliphatic carbocycles. The van der Waals surface area contributed by atoms with Crippen molar-refractivity contribution in [2.45, 2.75) is 36.6 Å². The highest BCUT2D eigenvalue weighted by Crippen LogP contribution is 2.46. The molecule has 1 N–H and O–H groups in total. The summed E-state index contributed by atoms with van der Waals surface area (Å²) in [5.41, 5.74) is 3.38. The van der Waals surface area contributed by atoms with Crippen molar-refractivity contribution in [3.63, 3.8) is 0 Å². The molecule has 4 rings (SSSR count). The van der Waals surface area contributed by atoms with Crippen LogP contribution in [0.25, 0.3) is 22.0 Å². The fourth-order valence-corrected chi connectivity index (χ4v) is 5.34. The maximum absolute atomic E-state index is 12.5. The van der Waals surface area contributed by atoms with E-state index in [0.717, 1.165) is 41.7 Å². The van der Waals surface area contributed by atoms with Crippen LogP contribution in [0.1, 0.15) is 30.9 Å². The first-order valence-corrected chi connectivity index (χ1v) is 11.4. The van der Waals surface area contributed by atoms with Crippen LogP contribution < -0.4 is 0 Å². The topological polar surface area (TPSA) is 76.4 Å². The second kappa shape index (κ2) is 6.94. The Balaban J connectivity index is 2.14. The van der Waals surface area contributed by atoms with Gasteiger partial charge in [0.2, 0.25) is 0 Å². The van der Waals surface area contributed by atoms with E-state index < -0.39 is 15.8 Å². The van der Waals surface area contributed by atoms with Gasteiger partial charge in [0.25, 0.3) is 0 Å². The number of aromatic nitrogens is 1. The Labute approximate surface area is 168 Å². The molecule has 28 heavy (non-hydrogen) atoms. The third kappa shape index (κ3) is 3.20. The molecule has 0 fully saturated rings. The summed E-state index contributed by atoms with van der Waals surface area (Å²) in [5.74, 6) is -1.02. The summed E-state index contributed by atoms with van der Waals surface area (Å²) in [6.07, 6.45) is 2.85. The zero-order chi connectivity index (χ0) is 20.1. The molecule has 5 nitrogen and oxygen atoms in total. The van der Waals surface area contributed by atoms with Gasteiger partial charge in [0.05, 0.1) is 16.8 Å². The van der Waals surface area contributed by atoms with Gasteiger partial charge in [-0.15, -0.1) is 0 Å². The first-order valence-electron chi connectivity index (χ1n) is 9.10. The van der Waals surface area contributed by atoms with E-state index in [4.69, 9.17) is 11.6 Å². The number of carboxylic acid groups (broad SMARTS) is 1. The molecule has 1 aromatic heterocycles. The van der Waals surface area contributed by atoms with Crippen LogP contribution in [0.3, 0.4) is 0 Å². The van der Waals surface area contributed by atoms with E-state index >= 15 is 0 Å². The number of carbonyl (C=O) groups is 1. The molecule has 1 atom stereocenters. The third-order valence-corrected chi connectivity index (χ3v) is 6.76. The van der Waals surface area contributed by atoms with Crippen molar-refractivity contribution in [2.75, 3.05) is 6.26 Å². The Morgan fingerprint density at radius 3 is 2.57 bits per heavy atom. The summed E-state index contributed by atoms with van der Waals surface area (Å²) in [7, 11) is -3.46. The Bertz CT molecular complexity index is 1180. The fourth-order valence-electron chi connectivity index (χ4n) is 4.31. The number of sulfone groups is 1. The van der Waals surface area contributed by atoms with E-state index in [2.05, 4.69) is 4.57 Å².